The fourth-order valence-corrected chi connectivity index (χ4v) is 7.46. The maximum atomic E-state index is 10.5. The Morgan fingerprint density at radius 3 is 1.15 bits per heavy atom. The van der Waals surface area contributed by atoms with Gasteiger partial charge in [-0.1, -0.05) is 78.9 Å². The van der Waals surface area contributed by atoms with Crippen molar-refractivity contribution in [1.29, 1.82) is 0 Å². The maximum Gasteiger partial charge on any atom is 0.189 e. The molecular formula is C81H101N11O. The number of rotatable bonds is 0. The van der Waals surface area contributed by atoms with Crippen LogP contribution in [0.25, 0.3) is 10.9 Å². The first-order chi connectivity index (χ1) is 44.1. The average Bonchev–Trinajstić information content (AvgIpc) is 2.53. The van der Waals surface area contributed by atoms with Gasteiger partial charge in [0.15, 0.2) is 11.9 Å². The smallest absolute Gasteiger partial charge is 0.189 e. The first-order valence-corrected chi connectivity index (χ1v) is 31.1. The van der Waals surface area contributed by atoms with E-state index in [0.717, 1.165) is 72.9 Å². The minimum Gasteiger partial charge on any atom is -0.619 e. The molecule has 0 saturated heterocycles. The van der Waals surface area contributed by atoms with Gasteiger partial charge in [-0.3, -0.25) is 49.8 Å². The highest BCUT2D eigenvalue weighted by Gasteiger charge is 1.95. The Hall–Kier alpha value is -10.1. The van der Waals surface area contributed by atoms with Gasteiger partial charge in [0.25, 0.3) is 0 Å². The van der Waals surface area contributed by atoms with E-state index in [9.17, 15) is 5.21 Å². The summed E-state index contributed by atoms with van der Waals surface area (Å²) in [6, 6.07) is 50.1. The molecule has 0 aliphatic rings. The molecule has 0 aliphatic heterocycles. The largest absolute Gasteiger partial charge is 0.619 e. The predicted octanol–water partition coefficient (Wildman–Crippen LogP) is 19.1. The van der Waals surface area contributed by atoms with Gasteiger partial charge in [0.1, 0.15) is 0 Å². The molecule has 11 heterocycles. The highest BCUT2D eigenvalue weighted by molar-refractivity contribution is 5.78. The minimum absolute atomic E-state index is 0.729. The third kappa shape index (κ3) is 36.4. The Labute approximate surface area is 557 Å². The topological polar surface area (TPSA) is 156 Å². The van der Waals surface area contributed by atoms with Gasteiger partial charge >= 0.3 is 0 Å². The van der Waals surface area contributed by atoms with Crippen molar-refractivity contribution < 1.29 is 4.73 Å². The second kappa shape index (κ2) is 44.4. The second-order valence-electron chi connectivity index (χ2n) is 22.8. The molecule has 11 aromatic heterocycles. The molecule has 12 heteroatoms. The quantitative estimate of drug-likeness (QED) is 0.105. The number of benzene rings is 1. The molecule has 12 aromatic rings. The van der Waals surface area contributed by atoms with Crippen LogP contribution in [0, 0.1) is 158 Å². The molecule has 0 saturated carbocycles. The average molecular weight is 1240 g/mol. The number of hydrogen-bond donors (Lipinski definition) is 0. The monoisotopic (exact) mass is 1240 g/mol. The van der Waals surface area contributed by atoms with E-state index in [1.54, 1.807) is 25.3 Å². The molecule has 0 bridgehead atoms. The van der Waals surface area contributed by atoms with Gasteiger partial charge in [-0.15, -0.1) is 0 Å². The highest BCUT2D eigenvalue weighted by Crippen LogP contribution is 2.11. The van der Waals surface area contributed by atoms with Crippen LogP contribution in [0.15, 0.2) is 214 Å². The molecule has 1 aromatic carbocycles. The van der Waals surface area contributed by atoms with Crippen LogP contribution in [0.4, 0.5) is 0 Å². The standard InChI is InChI=1S/C10H9N.3C8H11N.5C7H9N.C6H7NO.C6H7N/c1-8-6-7-9-4-2-3-5-10(9)11-8;1-6-4-7(2)8(3)9-5-6;2*1-6-4-5-7(2)9-8(6)3;1-6-3-7(2)5-8-4-6;1-6-3-4-8-5-7(6)2;1-6-3-4-7(2)8-5-6;1-6-4-3-5-8-7(6)2;1-6-4-3-5-7(2)8-6;1-6-4-2-3-5-7(6)8;1-6-3-2-4-7-5-6/h2-7H,1H3;3*4-5H,1-3H3;5*3-5H,1-2H3;2-5H,1H3;2-5H,1H3. The van der Waals surface area contributed by atoms with Gasteiger partial charge in [-0.05, 0) is 267 Å². The molecule has 93 heavy (non-hydrogen) atoms. The number of para-hydroxylation sites is 1. The number of aromatic nitrogens is 11. The van der Waals surface area contributed by atoms with Crippen LogP contribution >= 0.6 is 0 Å². The SMILES string of the molecule is Cc1ccc(C)c(C)n1.Cc1ccc(C)c(C)n1.Cc1ccc(C)nc1.Cc1ccc2ccccc2n1.Cc1cccc(C)n1.Cc1cccc[n+]1[O-].Cc1cccnc1.Cc1cccnc1C.Cc1ccncc1C.Cc1cnc(C)c(C)c1.Cc1cncc(C)c1. The van der Waals surface area contributed by atoms with Crippen LogP contribution in [0.2, 0.25) is 0 Å². The normalized spacial score (nSPS) is 9.44. The Morgan fingerprint density at radius 1 is 0.269 bits per heavy atom. The van der Waals surface area contributed by atoms with E-state index in [1.165, 1.54) is 72.8 Å². The van der Waals surface area contributed by atoms with E-state index in [-0.39, 0.29) is 0 Å². The third-order valence-corrected chi connectivity index (χ3v) is 13.7. The van der Waals surface area contributed by atoms with Crippen LogP contribution in [-0.4, -0.2) is 49.8 Å². The number of aryl methyl sites for hydroxylation is 22. The summed E-state index contributed by atoms with van der Waals surface area (Å²) in [5.41, 5.74) is 26.6. The molecular weight excluding hydrogens is 1140 g/mol. The molecule has 0 unspecified atom stereocenters. The zero-order chi connectivity index (χ0) is 69.3. The van der Waals surface area contributed by atoms with Crippen molar-refractivity contribution in [2.75, 3.05) is 0 Å². The second-order valence-corrected chi connectivity index (χ2v) is 22.8. The van der Waals surface area contributed by atoms with Crippen molar-refractivity contribution in [3.8, 4) is 0 Å². The van der Waals surface area contributed by atoms with Crippen LogP contribution in [0.5, 0.6) is 0 Å². The fraction of sp³-hybridized carbons (Fsp3) is 0.272. The van der Waals surface area contributed by atoms with Crippen LogP contribution in [0.1, 0.15) is 124 Å². The molecule has 0 spiro atoms. The van der Waals surface area contributed by atoms with Crippen molar-refractivity contribution >= 4 is 10.9 Å². The summed E-state index contributed by atoms with van der Waals surface area (Å²) in [5.74, 6) is 0. The summed E-state index contributed by atoms with van der Waals surface area (Å²) >= 11 is 0. The Balaban J connectivity index is 0.000000349. The number of pyridine rings is 11. The first kappa shape index (κ1) is 79.0. The summed E-state index contributed by atoms with van der Waals surface area (Å²) in [7, 11) is 0. The summed E-state index contributed by atoms with van der Waals surface area (Å²) in [6.07, 6.45) is 18.0. The lowest BCUT2D eigenvalue weighted by molar-refractivity contribution is -0.612. The Kier molecular flexibility index (Phi) is 37.7. The van der Waals surface area contributed by atoms with E-state index < -0.39 is 0 Å². The third-order valence-electron chi connectivity index (χ3n) is 13.7. The van der Waals surface area contributed by atoms with E-state index in [4.69, 9.17) is 0 Å². The molecule has 0 fully saturated rings. The van der Waals surface area contributed by atoms with Gasteiger partial charge in [-0.2, -0.15) is 4.73 Å². The summed E-state index contributed by atoms with van der Waals surface area (Å²) in [6.45, 7) is 44.5. The number of fused-ring (bicyclic) bond motifs is 1. The molecule has 12 nitrogen and oxygen atoms in total. The van der Waals surface area contributed by atoms with Gasteiger partial charge in [0.05, 0.1) is 5.52 Å². The lowest BCUT2D eigenvalue weighted by Gasteiger charge is -1.97. The van der Waals surface area contributed by atoms with Crippen molar-refractivity contribution in [3.05, 3.63) is 343 Å². The van der Waals surface area contributed by atoms with E-state index in [1.807, 2.05) is 238 Å². The molecule has 0 amide bonds. The summed E-state index contributed by atoms with van der Waals surface area (Å²) < 4.78 is 0.833. The number of nitrogens with zero attached hydrogens (tertiary/aromatic N) is 11. The molecule has 486 valence electrons. The van der Waals surface area contributed by atoms with Crippen LogP contribution < -0.4 is 4.73 Å². The van der Waals surface area contributed by atoms with Gasteiger partial charge in [-0.25, -0.2) is 0 Å². The maximum absolute atomic E-state index is 10.5. The zero-order valence-electron chi connectivity index (χ0n) is 59.5. The van der Waals surface area contributed by atoms with Gasteiger partial charge in [0.2, 0.25) is 0 Å². The molecule has 0 N–H and O–H groups in total. The van der Waals surface area contributed by atoms with Crippen molar-refractivity contribution in [2.45, 2.75) is 152 Å². The van der Waals surface area contributed by atoms with Crippen molar-refractivity contribution in [2.24, 2.45) is 0 Å². The fourth-order valence-electron chi connectivity index (χ4n) is 7.46. The van der Waals surface area contributed by atoms with Crippen LogP contribution in [0.3, 0.4) is 0 Å². The Morgan fingerprint density at radius 2 is 0.763 bits per heavy atom. The highest BCUT2D eigenvalue weighted by atomic mass is 16.5. The lowest BCUT2D eigenvalue weighted by atomic mass is 10.2. The van der Waals surface area contributed by atoms with E-state index in [0.29, 0.717) is 0 Å². The predicted molar refractivity (Wildman–Crippen MR) is 389 cm³/mol. The summed E-state index contributed by atoms with van der Waals surface area (Å²) in [5, 5.41) is 11.7. The lowest BCUT2D eigenvalue weighted by Crippen LogP contribution is -2.28. The minimum atomic E-state index is 0.729. The summed E-state index contributed by atoms with van der Waals surface area (Å²) in [4.78, 5) is 41.2. The van der Waals surface area contributed by atoms with Gasteiger partial charge in [0, 0.05) is 137 Å². The molecule has 12 rings (SSSR count). The number of hydrogen-bond acceptors (Lipinski definition) is 11. The Bertz CT molecular complexity index is 3660. The van der Waals surface area contributed by atoms with Crippen molar-refractivity contribution in [3.63, 3.8) is 0 Å². The zero-order valence-corrected chi connectivity index (χ0v) is 59.5. The van der Waals surface area contributed by atoms with E-state index >= 15 is 0 Å². The van der Waals surface area contributed by atoms with Gasteiger partial charge < -0.3 is 5.21 Å². The van der Waals surface area contributed by atoms with E-state index in [2.05, 4.69) is 147 Å². The molecule has 0 atom stereocenters. The molecule has 0 aliphatic carbocycles. The first-order valence-electron chi connectivity index (χ1n) is 31.1. The van der Waals surface area contributed by atoms with Crippen molar-refractivity contribution in [1.82, 2.24) is 49.8 Å². The molecule has 0 radical (unpaired) electrons. The van der Waals surface area contributed by atoms with Crippen LogP contribution in [-0.2, 0) is 0 Å².